The zero-order chi connectivity index (χ0) is 17.9. The summed E-state index contributed by atoms with van der Waals surface area (Å²) in [5.74, 6) is 0.370. The quantitative estimate of drug-likeness (QED) is 0.737. The Morgan fingerprint density at radius 1 is 1.36 bits per heavy atom. The number of ether oxygens (including phenoxy) is 2. The SMILES string of the molecule is COc1ccc(C)cc1S(=O)(=O)N(Cc1cccs1)C[C@H]1CCCO1. The van der Waals surface area contributed by atoms with E-state index in [0.717, 1.165) is 23.3 Å². The topological polar surface area (TPSA) is 55.8 Å². The fourth-order valence-corrected chi connectivity index (χ4v) is 5.46. The first kappa shape index (κ1) is 18.4. The van der Waals surface area contributed by atoms with Gasteiger partial charge in [-0.15, -0.1) is 11.3 Å². The molecule has 5 nitrogen and oxygen atoms in total. The van der Waals surface area contributed by atoms with Crippen molar-refractivity contribution in [1.82, 2.24) is 4.31 Å². The Kier molecular flexibility index (Phi) is 5.78. The van der Waals surface area contributed by atoms with Crippen molar-refractivity contribution in [3.8, 4) is 5.75 Å². The van der Waals surface area contributed by atoms with E-state index in [2.05, 4.69) is 0 Å². The molecule has 0 spiro atoms. The highest BCUT2D eigenvalue weighted by Gasteiger charge is 2.31. The number of hydrogen-bond acceptors (Lipinski definition) is 5. The normalized spacial score (nSPS) is 18.0. The van der Waals surface area contributed by atoms with Gasteiger partial charge in [-0.3, -0.25) is 0 Å². The molecule has 1 fully saturated rings. The summed E-state index contributed by atoms with van der Waals surface area (Å²) >= 11 is 1.56. The predicted molar refractivity (Wildman–Crippen MR) is 98.6 cm³/mol. The maximum Gasteiger partial charge on any atom is 0.247 e. The molecule has 1 atom stereocenters. The average Bonchev–Trinajstić information content (AvgIpc) is 3.28. The first-order valence-electron chi connectivity index (χ1n) is 8.29. The summed E-state index contributed by atoms with van der Waals surface area (Å²) in [5.41, 5.74) is 0.882. The summed E-state index contributed by atoms with van der Waals surface area (Å²) < 4.78 is 39.3. The van der Waals surface area contributed by atoms with E-state index in [9.17, 15) is 8.42 Å². The Labute approximate surface area is 153 Å². The average molecular weight is 382 g/mol. The molecule has 3 rings (SSSR count). The van der Waals surface area contributed by atoms with Crippen LogP contribution in [0.25, 0.3) is 0 Å². The van der Waals surface area contributed by atoms with E-state index < -0.39 is 10.0 Å². The zero-order valence-electron chi connectivity index (χ0n) is 14.5. The Balaban J connectivity index is 1.96. The van der Waals surface area contributed by atoms with Crippen molar-refractivity contribution in [3.63, 3.8) is 0 Å². The third-order valence-corrected chi connectivity index (χ3v) is 6.97. The van der Waals surface area contributed by atoms with Crippen LogP contribution >= 0.6 is 11.3 Å². The van der Waals surface area contributed by atoms with Gasteiger partial charge in [-0.2, -0.15) is 4.31 Å². The number of methoxy groups -OCH3 is 1. The van der Waals surface area contributed by atoms with Crippen molar-refractivity contribution in [3.05, 3.63) is 46.2 Å². The molecule has 0 aliphatic carbocycles. The summed E-state index contributed by atoms with van der Waals surface area (Å²) in [6, 6.07) is 9.12. The lowest BCUT2D eigenvalue weighted by molar-refractivity contribution is 0.0927. The van der Waals surface area contributed by atoms with Crippen LogP contribution in [0.5, 0.6) is 5.75 Å². The van der Waals surface area contributed by atoms with Gasteiger partial charge in [0.1, 0.15) is 10.6 Å². The zero-order valence-corrected chi connectivity index (χ0v) is 16.1. The Morgan fingerprint density at radius 2 is 2.20 bits per heavy atom. The van der Waals surface area contributed by atoms with Gasteiger partial charge in [0.15, 0.2) is 0 Å². The van der Waals surface area contributed by atoms with Gasteiger partial charge in [-0.05, 0) is 48.9 Å². The fraction of sp³-hybridized carbons (Fsp3) is 0.444. The second-order valence-electron chi connectivity index (χ2n) is 6.17. The van der Waals surface area contributed by atoms with Crippen LogP contribution in [0, 0.1) is 6.92 Å². The lowest BCUT2D eigenvalue weighted by Crippen LogP contribution is -2.37. The van der Waals surface area contributed by atoms with Crippen molar-refractivity contribution < 1.29 is 17.9 Å². The highest BCUT2D eigenvalue weighted by Crippen LogP contribution is 2.30. The highest BCUT2D eigenvalue weighted by molar-refractivity contribution is 7.89. The van der Waals surface area contributed by atoms with Crippen molar-refractivity contribution >= 4 is 21.4 Å². The number of hydrogen-bond donors (Lipinski definition) is 0. The molecule has 0 unspecified atom stereocenters. The van der Waals surface area contributed by atoms with Gasteiger partial charge in [-0.1, -0.05) is 12.1 Å². The Hall–Kier alpha value is -1.41. The molecule has 7 heteroatoms. The molecule has 2 aromatic rings. The third-order valence-electron chi connectivity index (χ3n) is 4.28. The summed E-state index contributed by atoms with van der Waals surface area (Å²) in [6.45, 7) is 3.28. The van der Waals surface area contributed by atoms with Gasteiger partial charge in [0.05, 0.1) is 13.2 Å². The molecule has 1 aromatic heterocycles. The number of benzene rings is 1. The molecule has 136 valence electrons. The lowest BCUT2D eigenvalue weighted by atomic mass is 10.2. The summed E-state index contributed by atoms with van der Waals surface area (Å²) in [4.78, 5) is 1.22. The monoisotopic (exact) mass is 381 g/mol. The molecule has 2 heterocycles. The van der Waals surface area contributed by atoms with Crippen LogP contribution in [0.2, 0.25) is 0 Å². The Morgan fingerprint density at radius 3 is 2.84 bits per heavy atom. The van der Waals surface area contributed by atoms with Crippen LogP contribution in [0.4, 0.5) is 0 Å². The largest absolute Gasteiger partial charge is 0.495 e. The van der Waals surface area contributed by atoms with Crippen LogP contribution in [-0.2, 0) is 21.3 Å². The van der Waals surface area contributed by atoms with E-state index in [0.29, 0.717) is 25.4 Å². The van der Waals surface area contributed by atoms with E-state index in [1.165, 1.54) is 11.4 Å². The van der Waals surface area contributed by atoms with Crippen LogP contribution in [0.1, 0.15) is 23.3 Å². The van der Waals surface area contributed by atoms with Gasteiger partial charge in [0, 0.05) is 24.6 Å². The van der Waals surface area contributed by atoms with Crippen LogP contribution < -0.4 is 4.74 Å². The van der Waals surface area contributed by atoms with E-state index >= 15 is 0 Å². The van der Waals surface area contributed by atoms with Gasteiger partial charge in [0.2, 0.25) is 10.0 Å². The predicted octanol–water partition coefficient (Wildman–Crippen LogP) is 3.44. The number of rotatable bonds is 7. The van der Waals surface area contributed by atoms with Gasteiger partial charge in [-0.25, -0.2) is 8.42 Å². The van der Waals surface area contributed by atoms with E-state index in [1.807, 2.05) is 30.5 Å². The standard InChI is InChI=1S/C18H23NO4S2/c1-14-7-8-17(22-2)18(11-14)25(20,21)19(12-15-5-3-9-23-15)13-16-6-4-10-24-16/h4,6-8,10-11,15H,3,5,9,12-13H2,1-2H3/t15-/m1/s1. The summed E-state index contributed by atoms with van der Waals surface area (Å²) in [5, 5.41) is 1.96. The molecule has 1 saturated heterocycles. The molecule has 0 saturated carbocycles. The first-order chi connectivity index (χ1) is 12.0. The first-order valence-corrected chi connectivity index (χ1v) is 10.6. The van der Waals surface area contributed by atoms with Crippen LogP contribution in [0.15, 0.2) is 40.6 Å². The van der Waals surface area contributed by atoms with Gasteiger partial charge >= 0.3 is 0 Å². The second-order valence-corrected chi connectivity index (χ2v) is 9.10. The maximum absolute atomic E-state index is 13.4. The molecular formula is C18H23NO4S2. The molecule has 1 aliphatic rings. The van der Waals surface area contributed by atoms with E-state index in [-0.39, 0.29) is 11.0 Å². The summed E-state index contributed by atoms with van der Waals surface area (Å²) in [7, 11) is -2.20. The van der Waals surface area contributed by atoms with Crippen molar-refractivity contribution in [2.24, 2.45) is 0 Å². The number of aryl methyl sites for hydroxylation is 1. The van der Waals surface area contributed by atoms with E-state index in [4.69, 9.17) is 9.47 Å². The van der Waals surface area contributed by atoms with Crippen LogP contribution in [0.3, 0.4) is 0 Å². The lowest BCUT2D eigenvalue weighted by Gasteiger charge is -2.25. The summed E-state index contributed by atoms with van der Waals surface area (Å²) in [6.07, 6.45) is 1.82. The van der Waals surface area contributed by atoms with Crippen molar-refractivity contribution in [2.45, 2.75) is 37.3 Å². The number of thiophene rings is 1. The molecule has 0 radical (unpaired) electrons. The fourth-order valence-electron chi connectivity index (χ4n) is 2.96. The smallest absolute Gasteiger partial charge is 0.247 e. The van der Waals surface area contributed by atoms with Crippen molar-refractivity contribution in [1.29, 1.82) is 0 Å². The molecule has 0 bridgehead atoms. The van der Waals surface area contributed by atoms with Gasteiger partial charge < -0.3 is 9.47 Å². The van der Waals surface area contributed by atoms with Crippen LogP contribution in [-0.4, -0.2) is 39.1 Å². The molecule has 1 aliphatic heterocycles. The number of sulfonamides is 1. The molecular weight excluding hydrogens is 358 g/mol. The highest BCUT2D eigenvalue weighted by atomic mass is 32.2. The minimum Gasteiger partial charge on any atom is -0.495 e. The Bertz CT molecular complexity index is 796. The number of nitrogens with zero attached hydrogens (tertiary/aromatic N) is 1. The molecule has 0 amide bonds. The molecule has 1 aromatic carbocycles. The maximum atomic E-state index is 13.4. The minimum atomic E-state index is -3.69. The third kappa shape index (κ3) is 4.23. The van der Waals surface area contributed by atoms with Gasteiger partial charge in [0.25, 0.3) is 0 Å². The second kappa shape index (κ2) is 7.86. The molecule has 0 N–H and O–H groups in total. The minimum absolute atomic E-state index is 0.0504. The molecule has 25 heavy (non-hydrogen) atoms. The van der Waals surface area contributed by atoms with E-state index in [1.54, 1.807) is 23.5 Å². The van der Waals surface area contributed by atoms with Crippen molar-refractivity contribution in [2.75, 3.05) is 20.3 Å².